The smallest absolute Gasteiger partial charge is 0.115 e. The molecule has 0 N–H and O–H groups in total. The highest BCUT2D eigenvalue weighted by atomic mass is 15.0. The van der Waals surface area contributed by atoms with Crippen LogP contribution in [0.4, 0.5) is 0 Å². The SMILES string of the molecule is Cc1cccc([C@H](C)c2nccn2C)c1. The second-order valence-corrected chi connectivity index (χ2v) is 4.03. The van der Waals surface area contributed by atoms with E-state index < -0.39 is 0 Å². The summed E-state index contributed by atoms with van der Waals surface area (Å²) in [6.07, 6.45) is 3.84. The Kier molecular flexibility index (Phi) is 2.58. The van der Waals surface area contributed by atoms with Crippen LogP contribution in [0.25, 0.3) is 0 Å². The fourth-order valence-corrected chi connectivity index (χ4v) is 1.88. The van der Waals surface area contributed by atoms with Gasteiger partial charge in [-0.1, -0.05) is 36.8 Å². The fourth-order valence-electron chi connectivity index (χ4n) is 1.88. The average Bonchev–Trinajstić information content (AvgIpc) is 2.63. The number of imidazole rings is 1. The first-order valence-corrected chi connectivity index (χ1v) is 5.22. The monoisotopic (exact) mass is 200 g/mol. The van der Waals surface area contributed by atoms with Crippen molar-refractivity contribution in [1.29, 1.82) is 0 Å². The number of hydrogen-bond acceptors (Lipinski definition) is 1. The van der Waals surface area contributed by atoms with E-state index >= 15 is 0 Å². The Morgan fingerprint density at radius 3 is 2.73 bits per heavy atom. The molecule has 0 spiro atoms. The van der Waals surface area contributed by atoms with Gasteiger partial charge in [0.15, 0.2) is 0 Å². The van der Waals surface area contributed by atoms with Crippen LogP contribution >= 0.6 is 0 Å². The van der Waals surface area contributed by atoms with E-state index in [0.29, 0.717) is 5.92 Å². The molecule has 0 bridgehead atoms. The third-order valence-corrected chi connectivity index (χ3v) is 2.79. The molecule has 0 aliphatic rings. The zero-order chi connectivity index (χ0) is 10.8. The summed E-state index contributed by atoms with van der Waals surface area (Å²) in [6, 6.07) is 8.60. The summed E-state index contributed by atoms with van der Waals surface area (Å²) in [5.74, 6) is 1.46. The predicted octanol–water partition coefficient (Wildman–Crippen LogP) is 2.88. The van der Waals surface area contributed by atoms with Crippen molar-refractivity contribution < 1.29 is 0 Å². The minimum Gasteiger partial charge on any atom is -0.338 e. The van der Waals surface area contributed by atoms with E-state index in [2.05, 4.69) is 47.7 Å². The molecule has 0 saturated heterocycles. The summed E-state index contributed by atoms with van der Waals surface area (Å²) in [4.78, 5) is 4.38. The van der Waals surface area contributed by atoms with Gasteiger partial charge in [0.2, 0.25) is 0 Å². The lowest BCUT2D eigenvalue weighted by Crippen LogP contribution is -2.04. The lowest BCUT2D eigenvalue weighted by Gasteiger charge is -2.12. The third-order valence-electron chi connectivity index (χ3n) is 2.79. The van der Waals surface area contributed by atoms with Gasteiger partial charge in [-0.2, -0.15) is 0 Å². The first kappa shape index (κ1) is 9.97. The highest BCUT2D eigenvalue weighted by molar-refractivity contribution is 5.29. The highest BCUT2D eigenvalue weighted by Crippen LogP contribution is 2.22. The van der Waals surface area contributed by atoms with Crippen LogP contribution in [0.1, 0.15) is 29.8 Å². The van der Waals surface area contributed by atoms with Crippen molar-refractivity contribution in [3.05, 3.63) is 53.6 Å². The van der Waals surface area contributed by atoms with Gasteiger partial charge < -0.3 is 4.57 Å². The Labute approximate surface area is 90.6 Å². The molecule has 1 aromatic heterocycles. The van der Waals surface area contributed by atoms with Gasteiger partial charge in [0.1, 0.15) is 5.82 Å². The molecule has 2 rings (SSSR count). The van der Waals surface area contributed by atoms with Crippen molar-refractivity contribution in [3.8, 4) is 0 Å². The van der Waals surface area contributed by atoms with Crippen LogP contribution in [-0.4, -0.2) is 9.55 Å². The summed E-state index contributed by atoms with van der Waals surface area (Å²) in [6.45, 7) is 4.31. The molecule has 0 aliphatic carbocycles. The molecule has 2 heteroatoms. The van der Waals surface area contributed by atoms with Gasteiger partial charge in [-0.25, -0.2) is 4.98 Å². The van der Waals surface area contributed by atoms with Crippen LogP contribution in [0.3, 0.4) is 0 Å². The number of rotatable bonds is 2. The van der Waals surface area contributed by atoms with Gasteiger partial charge in [0.05, 0.1) is 0 Å². The van der Waals surface area contributed by atoms with E-state index in [-0.39, 0.29) is 0 Å². The van der Waals surface area contributed by atoms with Gasteiger partial charge in [0.25, 0.3) is 0 Å². The second-order valence-electron chi connectivity index (χ2n) is 4.03. The first-order chi connectivity index (χ1) is 7.18. The minimum absolute atomic E-state index is 0.352. The zero-order valence-corrected chi connectivity index (χ0v) is 9.44. The van der Waals surface area contributed by atoms with Crippen LogP contribution in [0.2, 0.25) is 0 Å². The zero-order valence-electron chi connectivity index (χ0n) is 9.44. The van der Waals surface area contributed by atoms with Crippen LogP contribution in [0.15, 0.2) is 36.7 Å². The Morgan fingerprint density at radius 2 is 2.13 bits per heavy atom. The predicted molar refractivity (Wildman–Crippen MR) is 61.9 cm³/mol. The normalized spacial score (nSPS) is 12.7. The maximum Gasteiger partial charge on any atom is 0.115 e. The van der Waals surface area contributed by atoms with Gasteiger partial charge in [-0.15, -0.1) is 0 Å². The number of hydrogen-bond donors (Lipinski definition) is 0. The molecule has 0 amide bonds. The van der Waals surface area contributed by atoms with E-state index in [1.807, 2.05) is 19.4 Å². The van der Waals surface area contributed by atoms with Gasteiger partial charge in [0, 0.05) is 25.4 Å². The number of nitrogens with zero attached hydrogens (tertiary/aromatic N) is 2. The van der Waals surface area contributed by atoms with E-state index in [9.17, 15) is 0 Å². The first-order valence-electron chi connectivity index (χ1n) is 5.22. The lowest BCUT2D eigenvalue weighted by atomic mass is 9.99. The van der Waals surface area contributed by atoms with Crippen LogP contribution in [0, 0.1) is 6.92 Å². The van der Waals surface area contributed by atoms with Crippen LogP contribution < -0.4 is 0 Å². The molecule has 78 valence electrons. The van der Waals surface area contributed by atoms with Crippen molar-refractivity contribution in [2.24, 2.45) is 7.05 Å². The molecule has 0 aliphatic heterocycles. The molecule has 0 unspecified atom stereocenters. The molecule has 2 aromatic rings. The molecule has 0 fully saturated rings. The van der Waals surface area contributed by atoms with Crippen molar-refractivity contribution in [2.45, 2.75) is 19.8 Å². The van der Waals surface area contributed by atoms with Crippen molar-refractivity contribution >= 4 is 0 Å². The van der Waals surface area contributed by atoms with Crippen molar-refractivity contribution in [3.63, 3.8) is 0 Å². The van der Waals surface area contributed by atoms with Gasteiger partial charge in [-0.05, 0) is 12.5 Å². The maximum atomic E-state index is 4.38. The highest BCUT2D eigenvalue weighted by Gasteiger charge is 2.12. The molecule has 15 heavy (non-hydrogen) atoms. The summed E-state index contributed by atoms with van der Waals surface area (Å²) < 4.78 is 2.08. The Bertz CT molecular complexity index is 457. The van der Waals surface area contributed by atoms with Gasteiger partial charge >= 0.3 is 0 Å². The average molecular weight is 200 g/mol. The summed E-state index contributed by atoms with van der Waals surface area (Å²) in [5.41, 5.74) is 2.62. The molecule has 0 saturated carbocycles. The van der Waals surface area contributed by atoms with Crippen molar-refractivity contribution in [2.75, 3.05) is 0 Å². The number of aryl methyl sites for hydroxylation is 2. The summed E-state index contributed by atoms with van der Waals surface area (Å²) >= 11 is 0. The standard InChI is InChI=1S/C13H16N2/c1-10-5-4-6-12(9-10)11(2)13-14-7-8-15(13)3/h4-9,11H,1-3H3/t11-/m0/s1. The molecule has 2 nitrogen and oxygen atoms in total. The largest absolute Gasteiger partial charge is 0.338 e. The summed E-state index contributed by atoms with van der Waals surface area (Å²) in [7, 11) is 2.04. The maximum absolute atomic E-state index is 4.38. The quantitative estimate of drug-likeness (QED) is 0.729. The molecule has 1 heterocycles. The van der Waals surface area contributed by atoms with Crippen molar-refractivity contribution in [1.82, 2.24) is 9.55 Å². The second kappa shape index (κ2) is 3.89. The van der Waals surface area contributed by atoms with Crippen LogP contribution in [0.5, 0.6) is 0 Å². The fraction of sp³-hybridized carbons (Fsp3) is 0.308. The minimum atomic E-state index is 0.352. The Balaban J connectivity index is 2.36. The molecule has 1 atom stereocenters. The van der Waals surface area contributed by atoms with Crippen LogP contribution in [-0.2, 0) is 7.05 Å². The summed E-state index contributed by atoms with van der Waals surface area (Å²) in [5, 5.41) is 0. The van der Waals surface area contributed by atoms with E-state index in [4.69, 9.17) is 0 Å². The number of benzene rings is 1. The molecule has 1 aromatic carbocycles. The number of aromatic nitrogens is 2. The van der Waals surface area contributed by atoms with Gasteiger partial charge in [-0.3, -0.25) is 0 Å². The molecule has 0 radical (unpaired) electrons. The third kappa shape index (κ3) is 1.94. The Morgan fingerprint density at radius 1 is 1.33 bits per heavy atom. The van der Waals surface area contributed by atoms with E-state index in [0.717, 1.165) is 5.82 Å². The Hall–Kier alpha value is -1.57. The molecular formula is C13H16N2. The lowest BCUT2D eigenvalue weighted by molar-refractivity contribution is 0.739. The topological polar surface area (TPSA) is 17.8 Å². The van der Waals surface area contributed by atoms with E-state index in [1.165, 1.54) is 11.1 Å². The van der Waals surface area contributed by atoms with E-state index in [1.54, 1.807) is 0 Å². The molecular weight excluding hydrogens is 184 g/mol.